The van der Waals surface area contributed by atoms with Crippen molar-refractivity contribution in [2.75, 3.05) is 19.6 Å². The lowest BCUT2D eigenvalue weighted by Gasteiger charge is -2.22. The monoisotopic (exact) mass is 366 g/mol. The molecule has 1 atom stereocenters. The van der Waals surface area contributed by atoms with Gasteiger partial charge in [-0.1, -0.05) is 26.0 Å². The van der Waals surface area contributed by atoms with E-state index in [0.717, 1.165) is 43.0 Å². The van der Waals surface area contributed by atoms with Crippen LogP contribution in [-0.4, -0.2) is 38.9 Å². The summed E-state index contributed by atoms with van der Waals surface area (Å²) in [5.74, 6) is 2.39. The Morgan fingerprint density at radius 3 is 2.60 bits per heavy atom. The molecule has 0 bridgehead atoms. The van der Waals surface area contributed by atoms with E-state index in [9.17, 15) is 8.42 Å². The number of rotatable bonds is 6. The Bertz CT molecular complexity index is 684. The standard InChI is InChI=1S/C18H30N4O2S/c1-4-20-18(22-10-9-16(13-22)11-14(2)3)21-12-15-5-7-17(8-6-15)25(19,23)24/h5-8,14,16H,4,9-13H2,1-3H3,(H,20,21)(H2,19,23,24). The Kier molecular flexibility index (Phi) is 6.84. The van der Waals surface area contributed by atoms with Gasteiger partial charge in [-0.05, 0) is 49.3 Å². The molecule has 7 heteroatoms. The predicted molar refractivity (Wildman–Crippen MR) is 102 cm³/mol. The fraction of sp³-hybridized carbons (Fsp3) is 0.611. The van der Waals surface area contributed by atoms with Gasteiger partial charge >= 0.3 is 0 Å². The molecule has 1 aliphatic rings. The van der Waals surface area contributed by atoms with E-state index in [1.807, 2.05) is 0 Å². The number of guanidine groups is 1. The van der Waals surface area contributed by atoms with Crippen molar-refractivity contribution in [2.24, 2.45) is 22.0 Å². The molecule has 0 radical (unpaired) electrons. The van der Waals surface area contributed by atoms with Gasteiger partial charge in [-0.15, -0.1) is 0 Å². The van der Waals surface area contributed by atoms with Crippen LogP contribution in [0.3, 0.4) is 0 Å². The molecule has 25 heavy (non-hydrogen) atoms. The van der Waals surface area contributed by atoms with E-state index in [-0.39, 0.29) is 4.90 Å². The van der Waals surface area contributed by atoms with Crippen LogP contribution in [0.2, 0.25) is 0 Å². The summed E-state index contributed by atoms with van der Waals surface area (Å²) in [5.41, 5.74) is 0.959. The third-order valence-corrected chi connectivity index (χ3v) is 5.32. The summed E-state index contributed by atoms with van der Waals surface area (Å²) in [6.45, 7) is 10.0. The first-order chi connectivity index (χ1) is 11.8. The van der Waals surface area contributed by atoms with E-state index < -0.39 is 10.0 Å². The quantitative estimate of drug-likeness (QED) is 0.596. The van der Waals surface area contributed by atoms with Gasteiger partial charge in [0.05, 0.1) is 11.4 Å². The van der Waals surface area contributed by atoms with Crippen molar-refractivity contribution >= 4 is 16.0 Å². The number of sulfonamides is 1. The topological polar surface area (TPSA) is 87.8 Å². The van der Waals surface area contributed by atoms with Crippen molar-refractivity contribution in [3.8, 4) is 0 Å². The van der Waals surface area contributed by atoms with Crippen molar-refractivity contribution in [1.82, 2.24) is 10.2 Å². The second kappa shape index (κ2) is 8.67. The van der Waals surface area contributed by atoms with Crippen molar-refractivity contribution in [3.63, 3.8) is 0 Å². The van der Waals surface area contributed by atoms with Crippen LogP contribution in [-0.2, 0) is 16.6 Å². The highest BCUT2D eigenvalue weighted by Gasteiger charge is 2.25. The van der Waals surface area contributed by atoms with Crippen LogP contribution in [0.1, 0.15) is 39.2 Å². The summed E-state index contributed by atoms with van der Waals surface area (Å²) in [6.07, 6.45) is 2.47. The fourth-order valence-corrected chi connectivity index (χ4v) is 3.78. The summed E-state index contributed by atoms with van der Waals surface area (Å²) in [5, 5.41) is 8.49. The second-order valence-electron chi connectivity index (χ2n) is 7.09. The lowest BCUT2D eigenvalue weighted by molar-refractivity contribution is 0.403. The maximum atomic E-state index is 11.3. The van der Waals surface area contributed by atoms with Crippen molar-refractivity contribution in [1.29, 1.82) is 0 Å². The highest BCUT2D eigenvalue weighted by molar-refractivity contribution is 7.89. The van der Waals surface area contributed by atoms with Crippen molar-refractivity contribution in [2.45, 2.75) is 45.1 Å². The molecule has 1 aromatic rings. The minimum absolute atomic E-state index is 0.128. The van der Waals surface area contributed by atoms with Gasteiger partial charge in [-0.25, -0.2) is 18.5 Å². The average molecular weight is 367 g/mol. The average Bonchev–Trinajstić information content (AvgIpc) is 2.98. The third kappa shape index (κ3) is 6.01. The van der Waals surface area contributed by atoms with E-state index in [0.29, 0.717) is 6.54 Å². The van der Waals surface area contributed by atoms with Gasteiger partial charge in [-0.3, -0.25) is 0 Å². The zero-order valence-electron chi connectivity index (χ0n) is 15.4. The zero-order valence-corrected chi connectivity index (χ0v) is 16.2. The second-order valence-corrected chi connectivity index (χ2v) is 8.65. The lowest BCUT2D eigenvalue weighted by atomic mass is 9.97. The van der Waals surface area contributed by atoms with E-state index in [1.54, 1.807) is 12.1 Å². The SMILES string of the molecule is CCNC(=NCc1ccc(S(N)(=O)=O)cc1)N1CCC(CC(C)C)C1. The van der Waals surface area contributed by atoms with Crippen LogP contribution in [0.4, 0.5) is 0 Å². The van der Waals surface area contributed by atoms with Crippen molar-refractivity contribution in [3.05, 3.63) is 29.8 Å². The number of nitrogens with two attached hydrogens (primary N) is 1. The molecule has 2 rings (SSSR count). The van der Waals surface area contributed by atoms with Crippen LogP contribution in [0.25, 0.3) is 0 Å². The molecule has 0 aliphatic carbocycles. The number of nitrogens with one attached hydrogen (secondary N) is 1. The molecule has 1 fully saturated rings. The number of hydrogen-bond donors (Lipinski definition) is 2. The molecular formula is C18H30N4O2S. The van der Waals surface area contributed by atoms with Crippen molar-refractivity contribution < 1.29 is 8.42 Å². The molecule has 0 saturated carbocycles. The largest absolute Gasteiger partial charge is 0.357 e. The van der Waals surface area contributed by atoms with E-state index in [2.05, 4.69) is 31.0 Å². The summed E-state index contributed by atoms with van der Waals surface area (Å²) < 4.78 is 22.6. The molecular weight excluding hydrogens is 336 g/mol. The molecule has 1 saturated heterocycles. The normalized spacial score (nSPS) is 18.8. The molecule has 0 aromatic heterocycles. The molecule has 0 amide bonds. The summed E-state index contributed by atoms with van der Waals surface area (Å²) in [7, 11) is -3.65. The molecule has 0 spiro atoms. The fourth-order valence-electron chi connectivity index (χ4n) is 3.26. The minimum Gasteiger partial charge on any atom is -0.357 e. The van der Waals surface area contributed by atoms with Gasteiger partial charge in [0.1, 0.15) is 0 Å². The van der Waals surface area contributed by atoms with Crippen LogP contribution in [0.5, 0.6) is 0 Å². The molecule has 6 nitrogen and oxygen atoms in total. The smallest absolute Gasteiger partial charge is 0.238 e. The van der Waals surface area contributed by atoms with Gasteiger partial charge < -0.3 is 10.2 Å². The van der Waals surface area contributed by atoms with E-state index >= 15 is 0 Å². The van der Waals surface area contributed by atoms with Crippen LogP contribution in [0, 0.1) is 11.8 Å². The highest BCUT2D eigenvalue weighted by atomic mass is 32.2. The maximum Gasteiger partial charge on any atom is 0.238 e. The van der Waals surface area contributed by atoms with Gasteiger partial charge in [0.2, 0.25) is 10.0 Å². The minimum atomic E-state index is -3.65. The first kappa shape index (κ1) is 19.7. The van der Waals surface area contributed by atoms with Gasteiger partial charge in [0.25, 0.3) is 0 Å². The molecule has 1 unspecified atom stereocenters. The first-order valence-electron chi connectivity index (χ1n) is 8.94. The summed E-state index contributed by atoms with van der Waals surface area (Å²) in [4.78, 5) is 7.18. The Balaban J connectivity index is 2.02. The Hall–Kier alpha value is -1.60. The number of aliphatic imine (C=N–C) groups is 1. The van der Waals surface area contributed by atoms with Gasteiger partial charge in [0.15, 0.2) is 5.96 Å². The maximum absolute atomic E-state index is 11.3. The summed E-state index contributed by atoms with van der Waals surface area (Å²) in [6, 6.07) is 6.58. The zero-order chi connectivity index (χ0) is 18.4. The number of hydrogen-bond acceptors (Lipinski definition) is 3. The number of likely N-dealkylation sites (tertiary alicyclic amines) is 1. The number of nitrogens with zero attached hydrogens (tertiary/aromatic N) is 2. The number of primary sulfonamides is 1. The lowest BCUT2D eigenvalue weighted by Crippen LogP contribution is -2.40. The van der Waals surface area contributed by atoms with Gasteiger partial charge in [-0.2, -0.15) is 0 Å². The third-order valence-electron chi connectivity index (χ3n) is 4.39. The van der Waals surface area contributed by atoms with E-state index in [1.165, 1.54) is 25.0 Å². The van der Waals surface area contributed by atoms with Crippen LogP contribution in [0.15, 0.2) is 34.2 Å². The van der Waals surface area contributed by atoms with Crippen LogP contribution >= 0.6 is 0 Å². The molecule has 1 aromatic carbocycles. The Labute approximate surface area is 151 Å². The highest BCUT2D eigenvalue weighted by Crippen LogP contribution is 2.23. The van der Waals surface area contributed by atoms with Gasteiger partial charge in [0, 0.05) is 19.6 Å². The Morgan fingerprint density at radius 1 is 1.36 bits per heavy atom. The predicted octanol–water partition coefficient (Wildman–Crippen LogP) is 2.17. The summed E-state index contributed by atoms with van der Waals surface area (Å²) >= 11 is 0. The number of benzene rings is 1. The molecule has 1 aliphatic heterocycles. The first-order valence-corrected chi connectivity index (χ1v) is 10.5. The molecule has 140 valence electrons. The Morgan fingerprint density at radius 2 is 2.04 bits per heavy atom. The molecule has 3 N–H and O–H groups in total. The van der Waals surface area contributed by atoms with Crippen LogP contribution < -0.4 is 10.5 Å². The van der Waals surface area contributed by atoms with E-state index in [4.69, 9.17) is 10.1 Å². The molecule has 1 heterocycles.